The molecular weight excluding hydrogens is 210 g/mol. The number of piperidine rings is 1. The quantitative estimate of drug-likeness (QED) is 0.776. The molecule has 0 aromatic heterocycles. The molecule has 5 unspecified atom stereocenters. The van der Waals surface area contributed by atoms with E-state index in [9.17, 15) is 5.11 Å². The summed E-state index contributed by atoms with van der Waals surface area (Å²) in [5.74, 6) is 1.95. The van der Waals surface area contributed by atoms with Gasteiger partial charge in [0, 0.05) is 6.04 Å². The lowest BCUT2D eigenvalue weighted by atomic mass is 9.66. The Morgan fingerprint density at radius 2 is 2.00 bits per heavy atom. The van der Waals surface area contributed by atoms with Crippen LogP contribution in [0.2, 0.25) is 0 Å². The summed E-state index contributed by atoms with van der Waals surface area (Å²) in [5, 5.41) is 14.7. The summed E-state index contributed by atoms with van der Waals surface area (Å²) in [6.45, 7) is 7.90. The van der Waals surface area contributed by atoms with Crippen molar-refractivity contribution in [1.82, 2.24) is 5.32 Å². The number of hydrogen-bond acceptors (Lipinski definition) is 2. The minimum Gasteiger partial charge on any atom is -0.388 e. The summed E-state index contributed by atoms with van der Waals surface area (Å²) in [4.78, 5) is 0. The van der Waals surface area contributed by atoms with Gasteiger partial charge in [-0.15, -0.1) is 0 Å². The summed E-state index contributed by atoms with van der Waals surface area (Å²) in [5.41, 5.74) is -0.453. The van der Waals surface area contributed by atoms with Crippen molar-refractivity contribution in [3.8, 4) is 0 Å². The predicted octanol–water partition coefficient (Wildman–Crippen LogP) is 2.95. The maximum absolute atomic E-state index is 11.1. The molecule has 0 aromatic rings. The molecule has 0 bridgehead atoms. The van der Waals surface area contributed by atoms with Gasteiger partial charge in [0.2, 0.25) is 0 Å². The normalized spacial score (nSPS) is 48.0. The van der Waals surface area contributed by atoms with Gasteiger partial charge in [-0.05, 0) is 50.0 Å². The third kappa shape index (κ3) is 2.68. The third-order valence-corrected chi connectivity index (χ3v) is 5.31. The zero-order chi connectivity index (χ0) is 12.5. The lowest BCUT2D eigenvalue weighted by Crippen LogP contribution is -2.59. The Balaban J connectivity index is 2.07. The molecule has 2 heteroatoms. The topological polar surface area (TPSA) is 32.3 Å². The van der Waals surface area contributed by atoms with Gasteiger partial charge < -0.3 is 10.4 Å². The molecule has 1 saturated heterocycles. The van der Waals surface area contributed by atoms with Crippen LogP contribution in [0.4, 0.5) is 0 Å². The fraction of sp³-hybridized carbons (Fsp3) is 1.00. The number of hydrogen-bond donors (Lipinski definition) is 2. The van der Waals surface area contributed by atoms with Gasteiger partial charge in [-0.1, -0.05) is 33.6 Å². The molecule has 2 aliphatic rings. The lowest BCUT2D eigenvalue weighted by molar-refractivity contribution is -0.0944. The standard InChI is InChI=1S/C15H29NO/c1-4-13-7-8-16-14(9-13)15(17)10-11(2)5-6-12(15)3/h11-14,16-17H,4-10H2,1-3H3. The van der Waals surface area contributed by atoms with Gasteiger partial charge in [0.25, 0.3) is 0 Å². The molecule has 1 heterocycles. The average Bonchev–Trinajstić information content (AvgIpc) is 2.34. The van der Waals surface area contributed by atoms with E-state index in [1.165, 1.54) is 32.1 Å². The average molecular weight is 239 g/mol. The van der Waals surface area contributed by atoms with Crippen LogP contribution in [0.3, 0.4) is 0 Å². The second kappa shape index (κ2) is 5.27. The van der Waals surface area contributed by atoms with Crippen molar-refractivity contribution in [3.63, 3.8) is 0 Å². The molecule has 2 N–H and O–H groups in total. The molecule has 1 aliphatic carbocycles. The fourth-order valence-electron chi connectivity index (χ4n) is 3.88. The highest BCUT2D eigenvalue weighted by molar-refractivity contribution is 5.01. The van der Waals surface area contributed by atoms with E-state index in [-0.39, 0.29) is 0 Å². The van der Waals surface area contributed by atoms with Gasteiger partial charge in [-0.3, -0.25) is 0 Å². The molecule has 2 fully saturated rings. The van der Waals surface area contributed by atoms with E-state index in [0.717, 1.165) is 18.9 Å². The molecule has 1 aliphatic heterocycles. The Labute approximate surface area is 106 Å². The molecule has 0 radical (unpaired) electrons. The van der Waals surface area contributed by atoms with E-state index in [0.29, 0.717) is 17.9 Å². The van der Waals surface area contributed by atoms with Crippen LogP contribution >= 0.6 is 0 Å². The highest BCUT2D eigenvalue weighted by Gasteiger charge is 2.46. The summed E-state index contributed by atoms with van der Waals surface area (Å²) in [6.07, 6.45) is 7.18. The van der Waals surface area contributed by atoms with Gasteiger partial charge in [-0.25, -0.2) is 0 Å². The van der Waals surface area contributed by atoms with E-state index in [4.69, 9.17) is 0 Å². The van der Waals surface area contributed by atoms with Crippen LogP contribution in [-0.4, -0.2) is 23.3 Å². The van der Waals surface area contributed by atoms with Gasteiger partial charge in [0.05, 0.1) is 5.60 Å². The molecule has 0 amide bonds. The van der Waals surface area contributed by atoms with Crippen LogP contribution < -0.4 is 5.32 Å². The zero-order valence-electron chi connectivity index (χ0n) is 11.7. The van der Waals surface area contributed by atoms with Gasteiger partial charge in [0.15, 0.2) is 0 Å². The molecule has 100 valence electrons. The maximum atomic E-state index is 11.1. The van der Waals surface area contributed by atoms with Crippen LogP contribution in [0.1, 0.15) is 59.3 Å². The molecule has 0 aromatic carbocycles. The second-order valence-corrected chi connectivity index (χ2v) is 6.58. The maximum Gasteiger partial charge on any atom is 0.0827 e. The second-order valence-electron chi connectivity index (χ2n) is 6.58. The first-order chi connectivity index (χ1) is 8.06. The first-order valence-electron chi connectivity index (χ1n) is 7.52. The molecule has 2 rings (SSSR count). The summed E-state index contributed by atoms with van der Waals surface area (Å²) >= 11 is 0. The first kappa shape index (κ1) is 13.4. The summed E-state index contributed by atoms with van der Waals surface area (Å²) in [7, 11) is 0. The highest BCUT2D eigenvalue weighted by atomic mass is 16.3. The van der Waals surface area contributed by atoms with Crippen LogP contribution in [0.15, 0.2) is 0 Å². The third-order valence-electron chi connectivity index (χ3n) is 5.31. The van der Waals surface area contributed by atoms with Crippen LogP contribution in [-0.2, 0) is 0 Å². The Bertz CT molecular complexity index is 255. The first-order valence-corrected chi connectivity index (χ1v) is 7.52. The van der Waals surface area contributed by atoms with E-state index in [1.54, 1.807) is 0 Å². The van der Waals surface area contributed by atoms with Crippen LogP contribution in [0.5, 0.6) is 0 Å². The van der Waals surface area contributed by atoms with Crippen molar-refractivity contribution >= 4 is 0 Å². The Morgan fingerprint density at radius 1 is 1.24 bits per heavy atom. The Kier molecular flexibility index (Phi) is 4.14. The largest absolute Gasteiger partial charge is 0.388 e. The molecule has 2 nitrogen and oxygen atoms in total. The molecule has 0 spiro atoms. The van der Waals surface area contributed by atoms with E-state index >= 15 is 0 Å². The lowest BCUT2D eigenvalue weighted by Gasteiger charge is -2.49. The summed E-state index contributed by atoms with van der Waals surface area (Å²) < 4.78 is 0. The fourth-order valence-corrected chi connectivity index (χ4v) is 3.88. The van der Waals surface area contributed by atoms with Crippen molar-refractivity contribution < 1.29 is 5.11 Å². The van der Waals surface area contributed by atoms with Crippen LogP contribution in [0, 0.1) is 17.8 Å². The SMILES string of the molecule is CCC1CCNC(C2(O)CC(C)CCC2C)C1. The predicted molar refractivity (Wildman–Crippen MR) is 71.9 cm³/mol. The zero-order valence-corrected chi connectivity index (χ0v) is 11.7. The molecular formula is C15H29NO. The minimum absolute atomic E-state index is 0.332. The molecule has 1 saturated carbocycles. The van der Waals surface area contributed by atoms with Crippen molar-refractivity contribution in [2.75, 3.05) is 6.54 Å². The van der Waals surface area contributed by atoms with Gasteiger partial charge in [0.1, 0.15) is 0 Å². The van der Waals surface area contributed by atoms with Gasteiger partial charge >= 0.3 is 0 Å². The summed E-state index contributed by atoms with van der Waals surface area (Å²) in [6, 6.07) is 0.332. The number of rotatable bonds is 2. The van der Waals surface area contributed by atoms with E-state index in [2.05, 4.69) is 26.1 Å². The Hall–Kier alpha value is -0.0800. The molecule has 5 atom stereocenters. The van der Waals surface area contributed by atoms with Crippen molar-refractivity contribution in [3.05, 3.63) is 0 Å². The molecule has 17 heavy (non-hydrogen) atoms. The highest BCUT2D eigenvalue weighted by Crippen LogP contribution is 2.41. The van der Waals surface area contributed by atoms with Crippen LogP contribution in [0.25, 0.3) is 0 Å². The number of nitrogens with one attached hydrogen (secondary N) is 1. The van der Waals surface area contributed by atoms with Gasteiger partial charge in [-0.2, -0.15) is 0 Å². The smallest absolute Gasteiger partial charge is 0.0827 e. The Morgan fingerprint density at radius 3 is 2.71 bits per heavy atom. The number of aliphatic hydroxyl groups is 1. The van der Waals surface area contributed by atoms with E-state index < -0.39 is 5.60 Å². The van der Waals surface area contributed by atoms with Crippen molar-refractivity contribution in [2.45, 2.75) is 70.9 Å². The van der Waals surface area contributed by atoms with Crippen molar-refractivity contribution in [2.24, 2.45) is 17.8 Å². The van der Waals surface area contributed by atoms with Crippen molar-refractivity contribution in [1.29, 1.82) is 0 Å². The monoisotopic (exact) mass is 239 g/mol. The minimum atomic E-state index is -0.453. The van der Waals surface area contributed by atoms with E-state index in [1.807, 2.05) is 0 Å².